The number of hydrogen-bond acceptors (Lipinski definition) is 1. The van der Waals surface area contributed by atoms with E-state index in [0.717, 1.165) is 31.3 Å². The molecular formula is C14H20BrNO. The Balaban J connectivity index is 1.66. The Kier molecular flexibility index (Phi) is 2.09. The molecular weight excluding hydrogens is 278 g/mol. The third-order valence-electron chi connectivity index (χ3n) is 5.59. The maximum Gasteiger partial charge on any atom is 0.228 e. The molecule has 4 bridgehead atoms. The quantitative estimate of drug-likeness (QED) is 0.682. The molecule has 94 valence electrons. The zero-order valence-corrected chi connectivity index (χ0v) is 11.8. The molecule has 17 heavy (non-hydrogen) atoms. The van der Waals surface area contributed by atoms with Gasteiger partial charge in [-0.25, -0.2) is 0 Å². The van der Waals surface area contributed by atoms with Gasteiger partial charge in [-0.05, 0) is 56.8 Å². The van der Waals surface area contributed by atoms with Crippen LogP contribution in [0.2, 0.25) is 0 Å². The Morgan fingerprint density at radius 2 is 1.76 bits per heavy atom. The van der Waals surface area contributed by atoms with Crippen LogP contribution in [-0.4, -0.2) is 28.2 Å². The number of rotatable bonds is 1. The van der Waals surface area contributed by atoms with Crippen LogP contribution in [0.5, 0.6) is 0 Å². The smallest absolute Gasteiger partial charge is 0.228 e. The van der Waals surface area contributed by atoms with E-state index in [1.54, 1.807) is 0 Å². The van der Waals surface area contributed by atoms with Gasteiger partial charge in [-0.15, -0.1) is 0 Å². The summed E-state index contributed by atoms with van der Waals surface area (Å²) in [6, 6.07) is 0. The second-order valence-corrected chi connectivity index (χ2v) is 8.72. The first-order valence-corrected chi connectivity index (χ1v) is 7.86. The molecule has 5 aliphatic rings. The minimum atomic E-state index is 0.0357. The molecule has 2 atom stereocenters. The molecule has 2 unspecified atom stereocenters. The summed E-state index contributed by atoms with van der Waals surface area (Å²) < 4.78 is 0.317. The Labute approximate surface area is 111 Å². The molecule has 5 rings (SSSR count). The topological polar surface area (TPSA) is 20.3 Å². The average molecular weight is 298 g/mol. The first kappa shape index (κ1) is 10.8. The normalized spacial score (nSPS) is 51.5. The Hall–Kier alpha value is -0.0500. The van der Waals surface area contributed by atoms with E-state index in [4.69, 9.17) is 0 Å². The van der Waals surface area contributed by atoms with Gasteiger partial charge in [0.2, 0.25) is 5.91 Å². The average Bonchev–Trinajstić information content (AvgIpc) is 2.10. The SMILES string of the molecule is O=C(N1CCC1)C12CC3CC(CC(Br)(C3)C1)C2. The molecule has 4 aliphatic carbocycles. The van der Waals surface area contributed by atoms with Gasteiger partial charge < -0.3 is 4.90 Å². The molecule has 5 fully saturated rings. The van der Waals surface area contributed by atoms with Gasteiger partial charge in [-0.2, -0.15) is 0 Å². The van der Waals surface area contributed by atoms with Gasteiger partial charge in [0.15, 0.2) is 0 Å². The highest BCUT2D eigenvalue weighted by Crippen LogP contribution is 2.64. The Morgan fingerprint density at radius 3 is 2.24 bits per heavy atom. The number of hydrogen-bond donors (Lipinski definition) is 0. The van der Waals surface area contributed by atoms with Crippen LogP contribution in [0.3, 0.4) is 0 Å². The maximum atomic E-state index is 12.7. The van der Waals surface area contributed by atoms with E-state index >= 15 is 0 Å². The number of alkyl halides is 1. The van der Waals surface area contributed by atoms with Crippen LogP contribution in [0.25, 0.3) is 0 Å². The number of likely N-dealkylation sites (tertiary alicyclic amines) is 1. The molecule has 0 radical (unpaired) electrons. The van der Waals surface area contributed by atoms with Crippen LogP contribution in [0.15, 0.2) is 0 Å². The zero-order chi connectivity index (χ0) is 11.7. The molecule has 0 N–H and O–H groups in total. The first-order chi connectivity index (χ1) is 8.09. The van der Waals surface area contributed by atoms with Crippen molar-refractivity contribution in [1.82, 2.24) is 4.90 Å². The summed E-state index contributed by atoms with van der Waals surface area (Å²) in [5.74, 6) is 2.14. The van der Waals surface area contributed by atoms with Gasteiger partial charge in [-0.3, -0.25) is 4.79 Å². The van der Waals surface area contributed by atoms with Crippen molar-refractivity contribution >= 4 is 21.8 Å². The molecule has 1 saturated heterocycles. The monoisotopic (exact) mass is 297 g/mol. The number of halogens is 1. The lowest BCUT2D eigenvalue weighted by Crippen LogP contribution is -2.60. The third kappa shape index (κ3) is 1.47. The number of nitrogens with zero attached hydrogens (tertiary/aromatic N) is 1. The summed E-state index contributed by atoms with van der Waals surface area (Å²) in [6.07, 6.45) is 8.73. The van der Waals surface area contributed by atoms with Crippen LogP contribution in [0.4, 0.5) is 0 Å². The molecule has 0 spiro atoms. The molecule has 0 aromatic heterocycles. The van der Waals surface area contributed by atoms with Gasteiger partial charge >= 0.3 is 0 Å². The van der Waals surface area contributed by atoms with Gasteiger partial charge in [0.1, 0.15) is 0 Å². The summed E-state index contributed by atoms with van der Waals surface area (Å²) in [5, 5.41) is 0. The third-order valence-corrected chi connectivity index (χ3v) is 6.51. The number of amides is 1. The predicted molar refractivity (Wildman–Crippen MR) is 70.0 cm³/mol. The van der Waals surface area contributed by atoms with Gasteiger partial charge in [0, 0.05) is 17.4 Å². The minimum Gasteiger partial charge on any atom is -0.342 e. The summed E-state index contributed by atoms with van der Waals surface area (Å²) in [7, 11) is 0. The predicted octanol–water partition coefficient (Wildman–Crippen LogP) is 2.95. The fourth-order valence-electron chi connectivity index (χ4n) is 5.26. The maximum absolute atomic E-state index is 12.7. The molecule has 1 aliphatic heterocycles. The van der Waals surface area contributed by atoms with E-state index < -0.39 is 0 Å². The zero-order valence-electron chi connectivity index (χ0n) is 10.3. The van der Waals surface area contributed by atoms with E-state index in [0.29, 0.717) is 10.2 Å². The van der Waals surface area contributed by atoms with E-state index in [2.05, 4.69) is 20.8 Å². The number of carbonyl (C=O) groups is 1. The lowest BCUT2D eigenvalue weighted by molar-refractivity contribution is -0.159. The van der Waals surface area contributed by atoms with Crippen molar-refractivity contribution in [2.75, 3.05) is 13.1 Å². The Bertz CT molecular complexity index is 362. The second kappa shape index (κ2) is 3.28. The van der Waals surface area contributed by atoms with Crippen LogP contribution < -0.4 is 0 Å². The van der Waals surface area contributed by atoms with Crippen molar-refractivity contribution < 1.29 is 4.79 Å². The van der Waals surface area contributed by atoms with E-state index in [1.165, 1.54) is 38.5 Å². The minimum absolute atomic E-state index is 0.0357. The number of carbonyl (C=O) groups excluding carboxylic acids is 1. The van der Waals surface area contributed by atoms with Crippen molar-refractivity contribution in [1.29, 1.82) is 0 Å². The molecule has 1 heterocycles. The van der Waals surface area contributed by atoms with Crippen LogP contribution in [-0.2, 0) is 4.79 Å². The van der Waals surface area contributed by atoms with Crippen LogP contribution in [0, 0.1) is 17.3 Å². The fourth-order valence-corrected chi connectivity index (χ4v) is 6.71. The van der Waals surface area contributed by atoms with E-state index in [1.807, 2.05) is 0 Å². The van der Waals surface area contributed by atoms with Crippen molar-refractivity contribution in [2.45, 2.75) is 49.3 Å². The highest BCUT2D eigenvalue weighted by atomic mass is 79.9. The van der Waals surface area contributed by atoms with Crippen molar-refractivity contribution in [3.8, 4) is 0 Å². The van der Waals surface area contributed by atoms with Crippen LogP contribution >= 0.6 is 15.9 Å². The lowest BCUT2D eigenvalue weighted by atomic mass is 9.49. The summed E-state index contributed by atoms with van der Waals surface area (Å²) >= 11 is 3.98. The van der Waals surface area contributed by atoms with Gasteiger partial charge in [0.05, 0.1) is 5.41 Å². The fraction of sp³-hybridized carbons (Fsp3) is 0.929. The van der Waals surface area contributed by atoms with E-state index in [9.17, 15) is 4.79 Å². The summed E-state index contributed by atoms with van der Waals surface area (Å²) in [5.41, 5.74) is 0.0357. The highest BCUT2D eigenvalue weighted by Gasteiger charge is 2.60. The summed E-state index contributed by atoms with van der Waals surface area (Å²) in [4.78, 5) is 14.8. The molecule has 4 saturated carbocycles. The molecule has 1 amide bonds. The largest absolute Gasteiger partial charge is 0.342 e. The standard InChI is InChI=1S/C14H20BrNO/c15-14-7-10-4-11(8-14)6-13(5-10,9-14)12(17)16-2-1-3-16/h10-11H,1-9H2. The Morgan fingerprint density at radius 1 is 1.12 bits per heavy atom. The molecule has 3 heteroatoms. The molecule has 0 aromatic rings. The highest BCUT2D eigenvalue weighted by molar-refractivity contribution is 9.10. The van der Waals surface area contributed by atoms with Crippen molar-refractivity contribution in [2.24, 2.45) is 17.3 Å². The lowest BCUT2D eigenvalue weighted by Gasteiger charge is -2.60. The van der Waals surface area contributed by atoms with Crippen molar-refractivity contribution in [3.05, 3.63) is 0 Å². The van der Waals surface area contributed by atoms with Crippen LogP contribution in [0.1, 0.15) is 44.9 Å². The molecule has 0 aromatic carbocycles. The summed E-state index contributed by atoms with van der Waals surface area (Å²) in [6.45, 7) is 2.04. The second-order valence-electron chi connectivity index (χ2n) is 7.04. The van der Waals surface area contributed by atoms with Crippen molar-refractivity contribution in [3.63, 3.8) is 0 Å². The molecule has 2 nitrogen and oxygen atoms in total. The van der Waals surface area contributed by atoms with E-state index in [-0.39, 0.29) is 5.41 Å². The first-order valence-electron chi connectivity index (χ1n) is 7.07. The van der Waals surface area contributed by atoms with Gasteiger partial charge in [-0.1, -0.05) is 15.9 Å². The van der Waals surface area contributed by atoms with Gasteiger partial charge in [0.25, 0.3) is 0 Å².